The molecule has 4 nitrogen and oxygen atoms in total. The maximum absolute atomic E-state index is 9.45. The largest absolute Gasteiger partial charge is 0.497 e. The van der Waals surface area contributed by atoms with Crippen LogP contribution in [0.5, 0.6) is 11.5 Å². The van der Waals surface area contributed by atoms with Crippen LogP contribution in [0.4, 0.5) is 0 Å². The number of benzene rings is 1. The zero-order valence-corrected chi connectivity index (χ0v) is 11.6. The summed E-state index contributed by atoms with van der Waals surface area (Å²) >= 11 is 0. The minimum Gasteiger partial charge on any atom is -0.497 e. The highest BCUT2D eigenvalue weighted by atomic mass is 16.5. The number of methoxy groups -OCH3 is 2. The van der Waals surface area contributed by atoms with E-state index in [0.29, 0.717) is 12.5 Å². The Morgan fingerprint density at radius 2 is 2.21 bits per heavy atom. The van der Waals surface area contributed by atoms with Crippen LogP contribution in [-0.2, 0) is 6.54 Å². The van der Waals surface area contributed by atoms with Crippen molar-refractivity contribution in [3.8, 4) is 11.5 Å². The van der Waals surface area contributed by atoms with Gasteiger partial charge >= 0.3 is 0 Å². The molecule has 0 radical (unpaired) electrons. The molecule has 0 amide bonds. The Kier molecular flexibility index (Phi) is 3.15. The Hall–Kier alpha value is -1.26. The molecule has 1 aliphatic carbocycles. The molecule has 1 N–H and O–H groups in total. The monoisotopic (exact) mass is 263 g/mol. The second-order valence-corrected chi connectivity index (χ2v) is 5.77. The molecule has 19 heavy (non-hydrogen) atoms. The van der Waals surface area contributed by atoms with Crippen LogP contribution in [-0.4, -0.2) is 43.9 Å². The first-order valence-corrected chi connectivity index (χ1v) is 6.75. The number of aliphatic hydroxyl groups excluding tert-OH is 1. The Morgan fingerprint density at radius 1 is 1.37 bits per heavy atom. The standard InChI is InChI=1S/C15H21NO3/c1-18-13-4-3-11(14(5-13)19-2)7-16-8-12-6-15(12,9-16)10-17/h3-5,12,17H,6-10H2,1-2H3. The Bertz CT molecular complexity index is 472. The van der Waals surface area contributed by atoms with Crippen LogP contribution in [0.1, 0.15) is 12.0 Å². The third kappa shape index (κ3) is 2.19. The SMILES string of the molecule is COc1ccc(CN2CC3CC3(CO)C2)c(OC)c1. The topological polar surface area (TPSA) is 41.9 Å². The summed E-state index contributed by atoms with van der Waals surface area (Å²) in [5.74, 6) is 2.39. The van der Waals surface area contributed by atoms with Crippen molar-refractivity contribution in [1.29, 1.82) is 0 Å². The third-order valence-corrected chi connectivity index (χ3v) is 4.58. The van der Waals surface area contributed by atoms with Gasteiger partial charge in [-0.2, -0.15) is 0 Å². The predicted molar refractivity (Wildman–Crippen MR) is 72.4 cm³/mol. The van der Waals surface area contributed by atoms with Gasteiger partial charge in [-0.05, 0) is 18.4 Å². The molecular formula is C15H21NO3. The van der Waals surface area contributed by atoms with Crippen molar-refractivity contribution in [2.24, 2.45) is 11.3 Å². The summed E-state index contributed by atoms with van der Waals surface area (Å²) in [6.07, 6.45) is 1.19. The first-order chi connectivity index (χ1) is 9.20. The first kappa shape index (κ1) is 12.8. The summed E-state index contributed by atoms with van der Waals surface area (Å²) in [6.45, 7) is 3.30. The summed E-state index contributed by atoms with van der Waals surface area (Å²) in [4.78, 5) is 2.41. The zero-order chi connectivity index (χ0) is 13.5. The maximum Gasteiger partial charge on any atom is 0.127 e. The normalized spacial score (nSPS) is 29.1. The number of rotatable bonds is 5. The molecule has 104 valence electrons. The molecule has 2 atom stereocenters. The van der Waals surface area contributed by atoms with E-state index in [1.54, 1.807) is 14.2 Å². The number of aliphatic hydroxyl groups is 1. The Labute approximate surface area is 113 Å². The van der Waals surface area contributed by atoms with E-state index in [1.165, 1.54) is 12.0 Å². The summed E-state index contributed by atoms with van der Waals surface area (Å²) in [5, 5.41) is 9.45. The van der Waals surface area contributed by atoms with Crippen LogP contribution in [0.2, 0.25) is 0 Å². The van der Waals surface area contributed by atoms with Crippen LogP contribution in [0.3, 0.4) is 0 Å². The molecule has 0 bridgehead atoms. The van der Waals surface area contributed by atoms with Gasteiger partial charge in [-0.1, -0.05) is 6.07 Å². The van der Waals surface area contributed by atoms with Crippen LogP contribution in [0, 0.1) is 11.3 Å². The average molecular weight is 263 g/mol. The van der Waals surface area contributed by atoms with E-state index in [1.807, 2.05) is 12.1 Å². The number of nitrogens with zero attached hydrogens (tertiary/aromatic N) is 1. The third-order valence-electron chi connectivity index (χ3n) is 4.58. The fourth-order valence-electron chi connectivity index (χ4n) is 3.29. The quantitative estimate of drug-likeness (QED) is 0.874. The van der Waals surface area contributed by atoms with E-state index in [-0.39, 0.29) is 5.41 Å². The summed E-state index contributed by atoms with van der Waals surface area (Å²) in [7, 11) is 3.35. The van der Waals surface area contributed by atoms with Crippen LogP contribution < -0.4 is 9.47 Å². The van der Waals surface area contributed by atoms with E-state index < -0.39 is 0 Å². The zero-order valence-electron chi connectivity index (χ0n) is 11.6. The maximum atomic E-state index is 9.45. The lowest BCUT2D eigenvalue weighted by Crippen LogP contribution is -2.26. The number of ether oxygens (including phenoxy) is 2. The van der Waals surface area contributed by atoms with Gasteiger partial charge in [0.2, 0.25) is 0 Å². The molecule has 0 spiro atoms. The smallest absolute Gasteiger partial charge is 0.127 e. The summed E-state index contributed by atoms with van der Waals surface area (Å²) in [6, 6.07) is 5.96. The summed E-state index contributed by atoms with van der Waals surface area (Å²) in [5.41, 5.74) is 1.39. The minimum absolute atomic E-state index is 0.208. The van der Waals surface area contributed by atoms with Gasteiger partial charge in [0, 0.05) is 36.7 Å². The van der Waals surface area contributed by atoms with Crippen LogP contribution in [0.15, 0.2) is 18.2 Å². The number of piperidine rings is 1. The lowest BCUT2D eigenvalue weighted by Gasteiger charge is -2.21. The fraction of sp³-hybridized carbons (Fsp3) is 0.600. The number of likely N-dealkylation sites (tertiary alicyclic amines) is 1. The van der Waals surface area contributed by atoms with Crippen molar-refractivity contribution in [2.45, 2.75) is 13.0 Å². The number of hydrogen-bond donors (Lipinski definition) is 1. The van der Waals surface area contributed by atoms with Crippen LogP contribution in [0.25, 0.3) is 0 Å². The second kappa shape index (κ2) is 4.69. The van der Waals surface area contributed by atoms with E-state index in [4.69, 9.17) is 9.47 Å². The van der Waals surface area contributed by atoms with Crippen molar-refractivity contribution in [2.75, 3.05) is 33.9 Å². The molecule has 4 heteroatoms. The van der Waals surface area contributed by atoms with E-state index in [0.717, 1.165) is 31.1 Å². The van der Waals surface area contributed by atoms with Crippen molar-refractivity contribution >= 4 is 0 Å². The van der Waals surface area contributed by atoms with Gasteiger partial charge in [0.1, 0.15) is 11.5 Å². The van der Waals surface area contributed by atoms with Gasteiger partial charge in [-0.25, -0.2) is 0 Å². The molecule has 1 saturated carbocycles. The molecule has 1 aromatic carbocycles. The van der Waals surface area contributed by atoms with Crippen molar-refractivity contribution < 1.29 is 14.6 Å². The van der Waals surface area contributed by atoms with Gasteiger partial charge in [0.15, 0.2) is 0 Å². The van der Waals surface area contributed by atoms with Crippen molar-refractivity contribution in [3.63, 3.8) is 0 Å². The molecule has 3 rings (SSSR count). The lowest BCUT2D eigenvalue weighted by molar-refractivity contribution is 0.183. The van der Waals surface area contributed by atoms with E-state index >= 15 is 0 Å². The Balaban J connectivity index is 1.70. The lowest BCUT2D eigenvalue weighted by atomic mass is 10.1. The predicted octanol–water partition coefficient (Wildman–Crippen LogP) is 1.52. The highest BCUT2D eigenvalue weighted by Gasteiger charge is 2.59. The average Bonchev–Trinajstić information content (AvgIpc) is 3.01. The van der Waals surface area contributed by atoms with Crippen LogP contribution >= 0.6 is 0 Å². The number of hydrogen-bond acceptors (Lipinski definition) is 4. The highest BCUT2D eigenvalue weighted by molar-refractivity contribution is 5.40. The highest BCUT2D eigenvalue weighted by Crippen LogP contribution is 2.57. The van der Waals surface area contributed by atoms with Gasteiger partial charge < -0.3 is 14.6 Å². The van der Waals surface area contributed by atoms with Crippen molar-refractivity contribution in [1.82, 2.24) is 4.90 Å². The van der Waals surface area contributed by atoms with E-state index in [9.17, 15) is 5.11 Å². The molecule has 2 unspecified atom stereocenters. The molecule has 0 aromatic heterocycles. The first-order valence-electron chi connectivity index (χ1n) is 6.75. The summed E-state index contributed by atoms with van der Waals surface area (Å²) < 4.78 is 10.6. The molecule has 1 aliphatic heterocycles. The molecular weight excluding hydrogens is 242 g/mol. The van der Waals surface area contributed by atoms with E-state index in [2.05, 4.69) is 11.0 Å². The second-order valence-electron chi connectivity index (χ2n) is 5.77. The molecule has 1 heterocycles. The fourth-order valence-corrected chi connectivity index (χ4v) is 3.29. The Morgan fingerprint density at radius 3 is 2.84 bits per heavy atom. The minimum atomic E-state index is 0.208. The van der Waals surface area contributed by atoms with Gasteiger partial charge in [0.25, 0.3) is 0 Å². The van der Waals surface area contributed by atoms with Gasteiger partial charge in [-0.3, -0.25) is 4.90 Å². The molecule has 2 fully saturated rings. The molecule has 2 aliphatic rings. The van der Waals surface area contributed by atoms with Gasteiger partial charge in [0.05, 0.1) is 20.8 Å². The molecule has 1 saturated heterocycles. The van der Waals surface area contributed by atoms with Gasteiger partial charge in [-0.15, -0.1) is 0 Å². The van der Waals surface area contributed by atoms with Crippen molar-refractivity contribution in [3.05, 3.63) is 23.8 Å². The number of fused-ring (bicyclic) bond motifs is 1. The molecule has 1 aromatic rings.